The molecule has 0 unspecified atom stereocenters. The van der Waals surface area contributed by atoms with Crippen LogP contribution >= 0.6 is 11.8 Å². The molecule has 0 spiro atoms. The fraction of sp³-hybridized carbons (Fsp3) is 0.278. The number of hydrogen-bond acceptors (Lipinski definition) is 6. The number of thioether (sulfide) groups is 1. The van der Waals surface area contributed by atoms with Gasteiger partial charge in [-0.2, -0.15) is 5.26 Å². The number of methoxy groups -OCH3 is 1. The van der Waals surface area contributed by atoms with Crippen LogP contribution in [-0.4, -0.2) is 27.6 Å². The predicted molar refractivity (Wildman–Crippen MR) is 95.4 cm³/mol. The zero-order valence-electron chi connectivity index (χ0n) is 13.9. The summed E-state index contributed by atoms with van der Waals surface area (Å²) in [6.45, 7) is 0.557. The molecule has 0 radical (unpaired) electrons. The van der Waals surface area contributed by atoms with E-state index in [0.29, 0.717) is 13.0 Å². The standard InChI is InChI=1S/C18H18N4O2S/c1-23-15-8-6-14(7-9-15)17-20-21-18(25-12-3-2-10-19)22(17)13-16-5-4-11-24-16/h4-9,11H,2-3,12-13H2,1H3. The highest BCUT2D eigenvalue weighted by Gasteiger charge is 2.15. The monoisotopic (exact) mass is 354 g/mol. The van der Waals surface area contributed by atoms with Crippen LogP contribution in [0, 0.1) is 11.3 Å². The molecule has 0 aliphatic rings. The first-order chi connectivity index (χ1) is 12.3. The van der Waals surface area contributed by atoms with Crippen molar-refractivity contribution in [3.8, 4) is 23.2 Å². The van der Waals surface area contributed by atoms with Crippen molar-refractivity contribution in [1.82, 2.24) is 14.8 Å². The predicted octanol–water partition coefficient (Wildman–Crippen LogP) is 3.99. The van der Waals surface area contributed by atoms with E-state index < -0.39 is 0 Å². The average Bonchev–Trinajstić information content (AvgIpc) is 3.30. The number of nitriles is 1. The Kier molecular flexibility index (Phi) is 5.75. The Morgan fingerprint density at radius 1 is 1.24 bits per heavy atom. The number of ether oxygens (including phenoxy) is 1. The lowest BCUT2D eigenvalue weighted by atomic mass is 10.2. The fourth-order valence-electron chi connectivity index (χ4n) is 2.36. The van der Waals surface area contributed by atoms with Gasteiger partial charge in [-0.25, -0.2) is 0 Å². The van der Waals surface area contributed by atoms with Crippen LogP contribution in [0.4, 0.5) is 0 Å². The van der Waals surface area contributed by atoms with Crippen molar-refractivity contribution >= 4 is 11.8 Å². The molecule has 0 saturated carbocycles. The smallest absolute Gasteiger partial charge is 0.191 e. The molecule has 0 N–H and O–H groups in total. The molecule has 3 rings (SSSR count). The Bertz CT molecular complexity index is 835. The molecule has 0 fully saturated rings. The number of nitrogens with zero attached hydrogens (tertiary/aromatic N) is 4. The number of furan rings is 1. The van der Waals surface area contributed by atoms with E-state index >= 15 is 0 Å². The molecular formula is C18H18N4O2S. The summed E-state index contributed by atoms with van der Waals surface area (Å²) in [5, 5.41) is 18.2. The summed E-state index contributed by atoms with van der Waals surface area (Å²) in [6.07, 6.45) is 3.03. The van der Waals surface area contributed by atoms with E-state index in [4.69, 9.17) is 14.4 Å². The molecule has 0 amide bonds. The topological polar surface area (TPSA) is 76.9 Å². The molecular weight excluding hydrogens is 336 g/mol. The minimum Gasteiger partial charge on any atom is -0.497 e. The van der Waals surface area contributed by atoms with Crippen LogP contribution in [-0.2, 0) is 6.54 Å². The van der Waals surface area contributed by atoms with Crippen LogP contribution < -0.4 is 4.74 Å². The number of aromatic nitrogens is 3. The highest BCUT2D eigenvalue weighted by molar-refractivity contribution is 7.99. The van der Waals surface area contributed by atoms with E-state index in [1.54, 1.807) is 25.1 Å². The second-order valence-electron chi connectivity index (χ2n) is 5.31. The fourth-order valence-corrected chi connectivity index (χ4v) is 3.24. The molecule has 0 atom stereocenters. The third kappa shape index (κ3) is 4.22. The zero-order chi connectivity index (χ0) is 17.5. The maximum atomic E-state index is 8.67. The number of benzene rings is 1. The maximum absolute atomic E-state index is 8.67. The van der Waals surface area contributed by atoms with Crippen molar-refractivity contribution in [3.05, 3.63) is 48.4 Å². The Labute approximate surface area is 150 Å². The molecule has 0 aliphatic heterocycles. The first kappa shape index (κ1) is 17.1. The van der Waals surface area contributed by atoms with Gasteiger partial charge in [-0.1, -0.05) is 11.8 Å². The summed E-state index contributed by atoms with van der Waals surface area (Å²) < 4.78 is 12.7. The molecule has 0 aliphatic carbocycles. The SMILES string of the molecule is COc1ccc(-c2nnc(SCCCC#N)n2Cc2ccco2)cc1. The lowest BCUT2D eigenvalue weighted by Crippen LogP contribution is -2.03. The first-order valence-electron chi connectivity index (χ1n) is 7.91. The number of unbranched alkanes of at least 4 members (excludes halogenated alkanes) is 1. The van der Waals surface area contributed by atoms with E-state index in [0.717, 1.165) is 40.2 Å². The van der Waals surface area contributed by atoms with Gasteiger partial charge in [0.05, 0.1) is 26.0 Å². The maximum Gasteiger partial charge on any atom is 0.191 e. The van der Waals surface area contributed by atoms with Crippen molar-refractivity contribution < 1.29 is 9.15 Å². The van der Waals surface area contributed by atoms with Gasteiger partial charge >= 0.3 is 0 Å². The number of rotatable bonds is 8. The van der Waals surface area contributed by atoms with Gasteiger partial charge in [0, 0.05) is 17.7 Å². The summed E-state index contributed by atoms with van der Waals surface area (Å²) in [6, 6.07) is 13.7. The summed E-state index contributed by atoms with van der Waals surface area (Å²) in [5.41, 5.74) is 0.962. The lowest BCUT2D eigenvalue weighted by Gasteiger charge is -2.09. The van der Waals surface area contributed by atoms with E-state index in [1.165, 1.54) is 0 Å². The highest BCUT2D eigenvalue weighted by Crippen LogP contribution is 2.27. The van der Waals surface area contributed by atoms with Crippen molar-refractivity contribution in [2.24, 2.45) is 0 Å². The quantitative estimate of drug-likeness (QED) is 0.450. The minimum absolute atomic E-state index is 0.546. The van der Waals surface area contributed by atoms with Crippen LogP contribution in [0.3, 0.4) is 0 Å². The molecule has 1 aromatic carbocycles. The molecule has 128 valence electrons. The highest BCUT2D eigenvalue weighted by atomic mass is 32.2. The molecule has 3 aromatic rings. The van der Waals surface area contributed by atoms with Gasteiger partial charge in [-0.05, 0) is 42.8 Å². The van der Waals surface area contributed by atoms with Crippen LogP contribution in [0.2, 0.25) is 0 Å². The first-order valence-corrected chi connectivity index (χ1v) is 8.90. The molecule has 0 bridgehead atoms. The Morgan fingerprint density at radius 3 is 2.76 bits per heavy atom. The second kappa shape index (κ2) is 8.40. The van der Waals surface area contributed by atoms with Crippen molar-refractivity contribution in [2.45, 2.75) is 24.5 Å². The summed E-state index contributed by atoms with van der Waals surface area (Å²) >= 11 is 1.60. The van der Waals surface area contributed by atoms with Crippen LogP contribution in [0.15, 0.2) is 52.2 Å². The summed E-state index contributed by atoms with van der Waals surface area (Å²) in [5.74, 6) is 3.24. The third-order valence-corrected chi connectivity index (χ3v) is 4.68. The lowest BCUT2D eigenvalue weighted by molar-refractivity contribution is 0.415. The Morgan fingerprint density at radius 2 is 2.08 bits per heavy atom. The van der Waals surface area contributed by atoms with E-state index in [2.05, 4.69) is 16.3 Å². The van der Waals surface area contributed by atoms with Gasteiger partial charge in [0.2, 0.25) is 0 Å². The Balaban J connectivity index is 1.87. The molecule has 2 heterocycles. The zero-order valence-corrected chi connectivity index (χ0v) is 14.7. The van der Waals surface area contributed by atoms with Crippen LogP contribution in [0.25, 0.3) is 11.4 Å². The van der Waals surface area contributed by atoms with Crippen molar-refractivity contribution in [3.63, 3.8) is 0 Å². The molecule has 0 saturated heterocycles. The van der Waals surface area contributed by atoms with Gasteiger partial charge in [-0.3, -0.25) is 4.57 Å². The van der Waals surface area contributed by atoms with E-state index in [1.807, 2.05) is 41.0 Å². The van der Waals surface area contributed by atoms with Gasteiger partial charge < -0.3 is 9.15 Å². The third-order valence-electron chi connectivity index (χ3n) is 3.62. The van der Waals surface area contributed by atoms with E-state index in [-0.39, 0.29) is 0 Å². The second-order valence-corrected chi connectivity index (χ2v) is 6.37. The molecule has 2 aromatic heterocycles. The van der Waals surface area contributed by atoms with Crippen molar-refractivity contribution in [1.29, 1.82) is 5.26 Å². The van der Waals surface area contributed by atoms with Gasteiger partial charge in [0.25, 0.3) is 0 Å². The van der Waals surface area contributed by atoms with Crippen molar-refractivity contribution in [2.75, 3.05) is 12.9 Å². The summed E-state index contributed by atoms with van der Waals surface area (Å²) in [4.78, 5) is 0. The normalized spacial score (nSPS) is 10.6. The molecule has 25 heavy (non-hydrogen) atoms. The largest absolute Gasteiger partial charge is 0.497 e. The average molecular weight is 354 g/mol. The minimum atomic E-state index is 0.546. The van der Waals surface area contributed by atoms with Gasteiger partial charge in [0.15, 0.2) is 11.0 Å². The van der Waals surface area contributed by atoms with Gasteiger partial charge in [0.1, 0.15) is 11.5 Å². The van der Waals surface area contributed by atoms with E-state index in [9.17, 15) is 0 Å². The van der Waals surface area contributed by atoms with Crippen LogP contribution in [0.5, 0.6) is 5.75 Å². The Hall–Kier alpha value is -2.72. The summed E-state index contributed by atoms with van der Waals surface area (Å²) in [7, 11) is 1.64. The molecule has 6 nitrogen and oxygen atoms in total. The molecule has 7 heteroatoms. The van der Waals surface area contributed by atoms with Gasteiger partial charge in [-0.15, -0.1) is 10.2 Å². The van der Waals surface area contributed by atoms with Crippen LogP contribution in [0.1, 0.15) is 18.6 Å². The number of hydrogen-bond donors (Lipinski definition) is 0.